The Balaban J connectivity index is 1.64. The van der Waals surface area contributed by atoms with Gasteiger partial charge in [-0.1, -0.05) is 46.3 Å². The summed E-state index contributed by atoms with van der Waals surface area (Å²) in [7, 11) is 0. The van der Waals surface area contributed by atoms with Gasteiger partial charge in [0.15, 0.2) is 5.69 Å². The second kappa shape index (κ2) is 6.96. The maximum atomic E-state index is 12.6. The van der Waals surface area contributed by atoms with Crippen molar-refractivity contribution in [1.29, 1.82) is 0 Å². The molecule has 0 bridgehead atoms. The molecule has 2 aromatic carbocycles. The summed E-state index contributed by atoms with van der Waals surface area (Å²) in [5.41, 5.74) is 1.72. The second-order valence-electron chi connectivity index (χ2n) is 6.29. The summed E-state index contributed by atoms with van der Waals surface area (Å²) >= 11 is 3.36. The first-order valence-corrected chi connectivity index (χ1v) is 9.12. The Morgan fingerprint density at radius 2 is 1.96 bits per heavy atom. The van der Waals surface area contributed by atoms with Gasteiger partial charge in [-0.15, -0.1) is 10.2 Å². The molecule has 3 aromatic rings. The van der Waals surface area contributed by atoms with Crippen LogP contribution in [0.15, 0.2) is 63.2 Å². The molecule has 7 nitrogen and oxygen atoms in total. The molecule has 4 rings (SSSR count). The minimum absolute atomic E-state index is 0.161. The predicted octanol–water partition coefficient (Wildman–Crippen LogP) is 3.78. The first kappa shape index (κ1) is 17.4. The minimum atomic E-state index is -0.935. The molecule has 0 aliphatic carbocycles. The van der Waals surface area contributed by atoms with E-state index in [9.17, 15) is 14.7 Å². The summed E-state index contributed by atoms with van der Waals surface area (Å²) in [6.45, 7) is 0.375. The molecule has 1 aliphatic heterocycles. The van der Waals surface area contributed by atoms with Crippen LogP contribution in [0.4, 0.5) is 5.69 Å². The number of hydrogen-bond acceptors (Lipinski definition) is 4. The summed E-state index contributed by atoms with van der Waals surface area (Å²) in [5, 5.41) is 21.1. The molecule has 2 unspecified atom stereocenters. The quantitative estimate of drug-likeness (QED) is 0.438. The van der Waals surface area contributed by atoms with E-state index in [0.717, 1.165) is 10.0 Å². The first-order chi connectivity index (χ1) is 13.0. The van der Waals surface area contributed by atoms with Crippen LogP contribution in [-0.2, 0) is 9.59 Å². The zero-order valence-electron chi connectivity index (χ0n) is 14.0. The average molecular weight is 427 g/mol. The van der Waals surface area contributed by atoms with Crippen molar-refractivity contribution in [2.75, 3.05) is 6.54 Å². The van der Waals surface area contributed by atoms with Gasteiger partial charge in [-0.2, -0.15) is 0 Å². The number of H-pyrrole nitrogens is 1. The van der Waals surface area contributed by atoms with Crippen LogP contribution in [0.5, 0.6) is 5.88 Å². The van der Waals surface area contributed by atoms with Gasteiger partial charge in [-0.25, -0.2) is 0 Å². The number of halogens is 1. The van der Waals surface area contributed by atoms with Gasteiger partial charge in [0.2, 0.25) is 11.8 Å². The lowest BCUT2D eigenvalue weighted by Gasteiger charge is -2.13. The molecule has 1 aromatic heterocycles. The fraction of sp³-hybridized carbons (Fsp3) is 0.158. The van der Waals surface area contributed by atoms with Gasteiger partial charge in [0.05, 0.1) is 5.52 Å². The monoisotopic (exact) mass is 426 g/mol. The zero-order valence-corrected chi connectivity index (χ0v) is 15.6. The molecule has 0 saturated carbocycles. The first-order valence-electron chi connectivity index (χ1n) is 8.33. The zero-order chi connectivity index (χ0) is 19.0. The topological polar surface area (TPSA) is 107 Å². The normalized spacial score (nSPS) is 19.7. The number of nitrogens with zero attached hydrogens (tertiary/aromatic N) is 2. The summed E-state index contributed by atoms with van der Waals surface area (Å²) in [6.07, 6.45) is 0. The van der Waals surface area contributed by atoms with Crippen LogP contribution in [0.2, 0.25) is 0 Å². The van der Waals surface area contributed by atoms with Gasteiger partial charge in [0.25, 0.3) is 5.91 Å². The van der Waals surface area contributed by atoms with E-state index in [4.69, 9.17) is 0 Å². The molecule has 1 fully saturated rings. The Hall–Kier alpha value is -3.00. The van der Waals surface area contributed by atoms with Crippen molar-refractivity contribution in [2.24, 2.45) is 16.1 Å². The van der Waals surface area contributed by atoms with E-state index >= 15 is 0 Å². The van der Waals surface area contributed by atoms with Crippen molar-refractivity contribution >= 4 is 44.3 Å². The number of aromatic nitrogens is 1. The van der Waals surface area contributed by atoms with E-state index in [2.05, 4.69) is 36.5 Å². The van der Waals surface area contributed by atoms with Crippen LogP contribution in [0.3, 0.4) is 0 Å². The molecule has 8 heteroatoms. The van der Waals surface area contributed by atoms with Crippen molar-refractivity contribution in [3.05, 3.63) is 58.6 Å². The minimum Gasteiger partial charge on any atom is -0.493 e. The third kappa shape index (κ3) is 3.23. The average Bonchev–Trinajstić information content (AvgIpc) is 3.20. The number of aromatic hydroxyl groups is 1. The lowest BCUT2D eigenvalue weighted by Crippen LogP contribution is -2.25. The molecule has 2 amide bonds. The molecule has 1 aliphatic rings. The number of carbonyl (C=O) groups excluding carboxylic acids is 2. The molecule has 0 spiro atoms. The van der Waals surface area contributed by atoms with Gasteiger partial charge in [0, 0.05) is 22.3 Å². The highest BCUT2D eigenvalue weighted by Crippen LogP contribution is 2.37. The Kier molecular flexibility index (Phi) is 4.49. The smallest absolute Gasteiger partial charge is 0.277 e. The number of rotatable bonds is 3. The Bertz CT molecular complexity index is 1060. The van der Waals surface area contributed by atoms with Crippen LogP contribution in [0.25, 0.3) is 10.9 Å². The number of benzene rings is 2. The van der Waals surface area contributed by atoms with E-state index in [1.807, 2.05) is 36.4 Å². The number of aromatic amines is 1. The lowest BCUT2D eigenvalue weighted by atomic mass is 9.88. The summed E-state index contributed by atoms with van der Waals surface area (Å²) < 4.78 is 0.802. The molecule has 27 heavy (non-hydrogen) atoms. The number of azo groups is 1. The van der Waals surface area contributed by atoms with Crippen LogP contribution in [0, 0.1) is 5.92 Å². The van der Waals surface area contributed by atoms with Gasteiger partial charge in [-0.3, -0.25) is 9.59 Å². The molecular weight excluding hydrogens is 412 g/mol. The van der Waals surface area contributed by atoms with E-state index in [1.54, 1.807) is 12.1 Å². The SMILES string of the molecule is O=C(N=Nc1c(O)[nH]c2ccc(Br)cc12)C1C(=O)NCC1c1ccccc1. The van der Waals surface area contributed by atoms with Crippen LogP contribution in [0.1, 0.15) is 11.5 Å². The predicted molar refractivity (Wildman–Crippen MR) is 103 cm³/mol. The Morgan fingerprint density at radius 1 is 1.19 bits per heavy atom. The van der Waals surface area contributed by atoms with E-state index < -0.39 is 11.8 Å². The molecule has 3 N–H and O–H groups in total. The third-order valence-corrected chi connectivity index (χ3v) is 5.13. The standard InChI is InChI=1S/C19H15BrN4O3/c20-11-6-7-14-12(8-11)16(19(27)22-14)23-24-18(26)15-13(9-21-17(15)25)10-4-2-1-3-5-10/h1-8,13,15,22,27H,9H2,(H,21,25). The van der Waals surface area contributed by atoms with Crippen molar-refractivity contribution in [3.63, 3.8) is 0 Å². The third-order valence-electron chi connectivity index (χ3n) is 4.64. The molecule has 2 atom stereocenters. The number of carbonyl (C=O) groups is 2. The fourth-order valence-corrected chi connectivity index (χ4v) is 3.68. The summed E-state index contributed by atoms with van der Waals surface area (Å²) in [5.74, 6) is -2.41. The van der Waals surface area contributed by atoms with Gasteiger partial charge >= 0.3 is 0 Å². The van der Waals surface area contributed by atoms with Crippen LogP contribution < -0.4 is 5.32 Å². The van der Waals surface area contributed by atoms with Gasteiger partial charge < -0.3 is 15.4 Å². The number of fused-ring (bicyclic) bond motifs is 1. The molecule has 136 valence electrons. The summed E-state index contributed by atoms with van der Waals surface area (Å²) in [6, 6.07) is 14.7. The maximum Gasteiger partial charge on any atom is 0.277 e. The van der Waals surface area contributed by atoms with E-state index in [0.29, 0.717) is 17.4 Å². The van der Waals surface area contributed by atoms with Crippen molar-refractivity contribution in [3.8, 4) is 5.88 Å². The number of hydrogen-bond donors (Lipinski definition) is 3. The highest BCUT2D eigenvalue weighted by molar-refractivity contribution is 9.10. The highest BCUT2D eigenvalue weighted by Gasteiger charge is 2.41. The lowest BCUT2D eigenvalue weighted by molar-refractivity contribution is -0.131. The fourth-order valence-electron chi connectivity index (χ4n) is 3.31. The van der Waals surface area contributed by atoms with Crippen LogP contribution >= 0.6 is 15.9 Å². The van der Waals surface area contributed by atoms with E-state index in [-0.39, 0.29) is 23.4 Å². The molecule has 2 heterocycles. The Morgan fingerprint density at radius 3 is 2.74 bits per heavy atom. The van der Waals surface area contributed by atoms with Gasteiger partial charge in [-0.05, 0) is 23.8 Å². The number of nitrogens with one attached hydrogen (secondary N) is 2. The molecule has 1 saturated heterocycles. The van der Waals surface area contributed by atoms with Crippen molar-refractivity contribution in [1.82, 2.24) is 10.3 Å². The number of amides is 2. The summed E-state index contributed by atoms with van der Waals surface area (Å²) in [4.78, 5) is 27.6. The maximum absolute atomic E-state index is 12.6. The van der Waals surface area contributed by atoms with Crippen LogP contribution in [-0.4, -0.2) is 28.4 Å². The van der Waals surface area contributed by atoms with Crippen molar-refractivity contribution in [2.45, 2.75) is 5.92 Å². The second-order valence-corrected chi connectivity index (χ2v) is 7.21. The Labute approximate surface area is 162 Å². The van der Waals surface area contributed by atoms with Crippen molar-refractivity contribution < 1.29 is 14.7 Å². The largest absolute Gasteiger partial charge is 0.493 e. The molecular formula is C19H15BrN4O3. The molecule has 0 radical (unpaired) electrons. The van der Waals surface area contributed by atoms with Gasteiger partial charge in [0.1, 0.15) is 5.92 Å². The highest BCUT2D eigenvalue weighted by atomic mass is 79.9. The van der Waals surface area contributed by atoms with E-state index in [1.165, 1.54) is 0 Å².